The highest BCUT2D eigenvalue weighted by Crippen LogP contribution is 2.32. The van der Waals surface area contributed by atoms with Gasteiger partial charge in [-0.05, 0) is 18.2 Å². The number of alkyl halides is 3. The first-order chi connectivity index (χ1) is 10.5. The number of nitrogens with one attached hydrogen (secondary N) is 1. The van der Waals surface area contributed by atoms with Crippen LogP contribution in [0.4, 0.5) is 24.0 Å². The number of hydrogen-bond acceptors (Lipinski definition) is 3. The lowest BCUT2D eigenvalue weighted by molar-refractivity contribution is -0.137. The van der Waals surface area contributed by atoms with E-state index in [2.05, 4.69) is 10.3 Å². The zero-order chi connectivity index (χ0) is 15.6. The summed E-state index contributed by atoms with van der Waals surface area (Å²) in [7, 11) is 0. The van der Waals surface area contributed by atoms with Gasteiger partial charge in [-0.15, -0.1) is 11.3 Å². The van der Waals surface area contributed by atoms with Crippen molar-refractivity contribution in [2.75, 3.05) is 5.32 Å². The molecule has 2 aromatic carbocycles. The van der Waals surface area contributed by atoms with Crippen LogP contribution in [-0.2, 0) is 6.18 Å². The minimum atomic E-state index is -4.35. The first-order valence-electron chi connectivity index (χ1n) is 6.47. The van der Waals surface area contributed by atoms with Crippen LogP contribution >= 0.6 is 11.3 Å². The van der Waals surface area contributed by atoms with E-state index < -0.39 is 11.7 Å². The van der Waals surface area contributed by atoms with Crippen LogP contribution in [-0.4, -0.2) is 4.98 Å². The fourth-order valence-electron chi connectivity index (χ4n) is 1.97. The maximum Gasteiger partial charge on any atom is 0.416 e. The van der Waals surface area contributed by atoms with Crippen LogP contribution in [0.3, 0.4) is 0 Å². The zero-order valence-electron chi connectivity index (χ0n) is 11.6. The second-order valence-corrected chi connectivity index (χ2v) is 5.47. The van der Waals surface area contributed by atoms with Crippen LogP contribution in [0.25, 0.3) is 11.3 Å². The highest BCUT2D eigenvalue weighted by molar-refractivity contribution is 7.14. The van der Waals surface area contributed by atoms with Crippen LogP contribution in [0.2, 0.25) is 0 Å². The normalized spacial score (nSPS) is 10.9. The number of rotatable bonds is 3. The van der Waals surface area contributed by atoms with Gasteiger partial charge in [0.2, 0.25) is 0 Å². The number of thiazole rings is 1. The molecule has 0 spiro atoms. The van der Waals surface area contributed by atoms with E-state index >= 15 is 0 Å². The van der Waals surface area contributed by atoms with Crippen molar-refractivity contribution in [1.29, 1.82) is 0 Å². The van der Waals surface area contributed by atoms with Gasteiger partial charge in [0.25, 0.3) is 0 Å². The molecule has 1 aromatic heterocycles. The van der Waals surface area contributed by atoms with E-state index in [9.17, 15) is 13.2 Å². The highest BCUT2D eigenvalue weighted by atomic mass is 79.9. The van der Waals surface area contributed by atoms with Gasteiger partial charge in [-0.2, -0.15) is 13.2 Å². The number of halogens is 4. The number of nitrogens with zero attached hydrogens (tertiary/aromatic N) is 1. The molecule has 2 nitrogen and oxygen atoms in total. The van der Waals surface area contributed by atoms with Gasteiger partial charge in [0.1, 0.15) is 0 Å². The van der Waals surface area contributed by atoms with E-state index in [0.717, 1.165) is 23.4 Å². The molecule has 0 fully saturated rings. The quantitative estimate of drug-likeness (QED) is 0.731. The van der Waals surface area contributed by atoms with Crippen molar-refractivity contribution in [3.63, 3.8) is 0 Å². The van der Waals surface area contributed by atoms with E-state index in [1.54, 1.807) is 6.07 Å². The van der Waals surface area contributed by atoms with E-state index in [-0.39, 0.29) is 17.0 Å². The molecule has 0 aliphatic carbocycles. The van der Waals surface area contributed by atoms with Gasteiger partial charge >= 0.3 is 6.18 Å². The molecule has 0 aliphatic rings. The van der Waals surface area contributed by atoms with Crippen LogP contribution < -0.4 is 22.3 Å². The Balaban J connectivity index is 0.00000192. The first kappa shape index (κ1) is 17.5. The lowest BCUT2D eigenvalue weighted by Gasteiger charge is -2.08. The molecule has 0 saturated heterocycles. The fraction of sp³-hybridized carbons (Fsp3) is 0.0625. The molecule has 0 amide bonds. The summed E-state index contributed by atoms with van der Waals surface area (Å²) in [5.74, 6) is 0. The molecule has 0 unspecified atom stereocenters. The molecule has 1 N–H and O–H groups in total. The molecule has 1 heterocycles. The maximum absolute atomic E-state index is 12.7. The number of aromatic nitrogens is 1. The Labute approximate surface area is 145 Å². The SMILES string of the molecule is FC(F)(F)c1cccc(Nc2nc(-c3ccccc3)cs2)c1.[Br-]. The minimum Gasteiger partial charge on any atom is -1.00 e. The topological polar surface area (TPSA) is 24.9 Å². The van der Waals surface area contributed by atoms with Crippen molar-refractivity contribution in [3.8, 4) is 11.3 Å². The molecule has 0 saturated carbocycles. The monoisotopic (exact) mass is 399 g/mol. The maximum atomic E-state index is 12.7. The third kappa shape index (κ3) is 4.33. The van der Waals surface area contributed by atoms with Gasteiger partial charge in [0.05, 0.1) is 11.3 Å². The molecule has 0 atom stereocenters. The molecule has 120 valence electrons. The minimum absolute atomic E-state index is 0. The van der Waals surface area contributed by atoms with E-state index in [1.807, 2.05) is 35.7 Å². The van der Waals surface area contributed by atoms with Gasteiger partial charge in [-0.25, -0.2) is 4.98 Å². The fourth-order valence-corrected chi connectivity index (χ4v) is 2.71. The van der Waals surface area contributed by atoms with Gasteiger partial charge in [-0.3, -0.25) is 0 Å². The van der Waals surface area contributed by atoms with Gasteiger partial charge in [-0.1, -0.05) is 36.4 Å². The summed E-state index contributed by atoms with van der Waals surface area (Å²) in [6.45, 7) is 0. The number of anilines is 2. The Morgan fingerprint density at radius 1 is 0.957 bits per heavy atom. The molecular formula is C16H11BrF3N2S-. The molecule has 3 rings (SSSR count). The Kier molecular flexibility index (Phi) is 5.43. The molecule has 0 bridgehead atoms. The van der Waals surface area contributed by atoms with Crippen molar-refractivity contribution in [2.45, 2.75) is 6.18 Å². The van der Waals surface area contributed by atoms with Crippen molar-refractivity contribution >= 4 is 22.2 Å². The second kappa shape index (κ2) is 7.14. The van der Waals surface area contributed by atoms with Crippen LogP contribution in [0.15, 0.2) is 60.0 Å². The molecule has 0 radical (unpaired) electrons. The Morgan fingerprint density at radius 2 is 1.70 bits per heavy atom. The van der Waals surface area contributed by atoms with Crippen molar-refractivity contribution in [1.82, 2.24) is 4.98 Å². The van der Waals surface area contributed by atoms with Crippen molar-refractivity contribution < 1.29 is 30.2 Å². The zero-order valence-corrected chi connectivity index (χ0v) is 14.0. The van der Waals surface area contributed by atoms with Crippen LogP contribution in [0, 0.1) is 0 Å². The summed E-state index contributed by atoms with van der Waals surface area (Å²) in [6, 6.07) is 14.7. The highest BCUT2D eigenvalue weighted by Gasteiger charge is 2.30. The smallest absolute Gasteiger partial charge is 0.416 e. The average Bonchev–Trinajstić information content (AvgIpc) is 2.96. The molecular weight excluding hydrogens is 389 g/mol. The molecule has 3 aromatic rings. The Bertz CT molecular complexity index is 772. The number of hydrogen-bond donors (Lipinski definition) is 1. The molecule has 7 heteroatoms. The van der Waals surface area contributed by atoms with E-state index in [1.165, 1.54) is 17.4 Å². The summed E-state index contributed by atoms with van der Waals surface area (Å²) >= 11 is 1.35. The van der Waals surface area contributed by atoms with Gasteiger partial charge < -0.3 is 22.3 Å². The molecule has 23 heavy (non-hydrogen) atoms. The lowest BCUT2D eigenvalue weighted by Crippen LogP contribution is -3.00. The third-order valence-corrected chi connectivity index (χ3v) is 3.77. The Morgan fingerprint density at radius 3 is 2.39 bits per heavy atom. The summed E-state index contributed by atoms with van der Waals surface area (Å²) in [4.78, 5) is 4.39. The summed E-state index contributed by atoms with van der Waals surface area (Å²) < 4.78 is 38.1. The Hall–Kier alpha value is -1.86. The standard InChI is InChI=1S/C16H11F3N2S.BrH/c17-16(18,19)12-7-4-8-13(9-12)20-15-21-14(10-22-15)11-5-2-1-3-6-11;/h1-10H,(H,20,21);1H/p-1. The number of benzene rings is 2. The van der Waals surface area contributed by atoms with Crippen molar-refractivity contribution in [2.24, 2.45) is 0 Å². The lowest BCUT2D eigenvalue weighted by atomic mass is 10.2. The van der Waals surface area contributed by atoms with Gasteiger partial charge in [0, 0.05) is 16.6 Å². The first-order valence-corrected chi connectivity index (χ1v) is 7.35. The largest absolute Gasteiger partial charge is 1.00 e. The van der Waals surface area contributed by atoms with E-state index in [0.29, 0.717) is 10.8 Å². The van der Waals surface area contributed by atoms with Crippen LogP contribution in [0.5, 0.6) is 0 Å². The van der Waals surface area contributed by atoms with E-state index in [4.69, 9.17) is 0 Å². The predicted octanol–water partition coefficient (Wildman–Crippen LogP) is 2.58. The summed E-state index contributed by atoms with van der Waals surface area (Å²) in [5, 5.41) is 5.33. The average molecular weight is 400 g/mol. The second-order valence-electron chi connectivity index (χ2n) is 4.61. The summed E-state index contributed by atoms with van der Waals surface area (Å²) in [5.41, 5.74) is 1.44. The van der Waals surface area contributed by atoms with Crippen LogP contribution in [0.1, 0.15) is 5.56 Å². The van der Waals surface area contributed by atoms with Gasteiger partial charge in [0.15, 0.2) is 5.13 Å². The third-order valence-electron chi connectivity index (χ3n) is 3.01. The molecule has 0 aliphatic heterocycles. The van der Waals surface area contributed by atoms with Crippen molar-refractivity contribution in [3.05, 3.63) is 65.5 Å². The summed E-state index contributed by atoms with van der Waals surface area (Å²) in [6.07, 6.45) is -4.35. The predicted molar refractivity (Wildman–Crippen MR) is 82.3 cm³/mol.